The van der Waals surface area contributed by atoms with Crippen LogP contribution in [0.3, 0.4) is 0 Å². The van der Waals surface area contributed by atoms with Crippen LogP contribution in [-0.4, -0.2) is 70.4 Å². The van der Waals surface area contributed by atoms with E-state index in [1.165, 1.54) is 0 Å². The molecule has 2 saturated heterocycles. The molecule has 0 aromatic carbocycles. The maximum atomic E-state index is 4.33. The molecule has 0 radical (unpaired) electrons. The van der Waals surface area contributed by atoms with E-state index in [-0.39, 0.29) is 0 Å². The third kappa shape index (κ3) is 2.64. The minimum absolute atomic E-state index is 0.642. The van der Waals surface area contributed by atoms with Gasteiger partial charge in [-0.1, -0.05) is 11.3 Å². The minimum Gasteiger partial charge on any atom is -0.343 e. The zero-order valence-corrected chi connectivity index (χ0v) is 13.4. The average molecular weight is 317 g/mol. The van der Waals surface area contributed by atoms with Crippen molar-refractivity contribution in [2.45, 2.75) is 13.0 Å². The molecule has 2 fully saturated rings. The Hall–Kier alpha value is -1.80. The molecule has 116 valence electrons. The van der Waals surface area contributed by atoms with Gasteiger partial charge in [-0.3, -0.25) is 4.90 Å². The predicted octanol–water partition coefficient (Wildman–Crippen LogP) is 0.647. The summed E-state index contributed by atoms with van der Waals surface area (Å²) in [6, 6.07) is 2.50. The van der Waals surface area contributed by atoms with Gasteiger partial charge in [0.2, 0.25) is 11.1 Å². The Balaban J connectivity index is 1.29. The molecule has 2 aromatic heterocycles. The van der Waals surface area contributed by atoms with Gasteiger partial charge in [0, 0.05) is 57.7 Å². The molecule has 7 nitrogen and oxygen atoms in total. The highest BCUT2D eigenvalue weighted by molar-refractivity contribution is 7.15. The van der Waals surface area contributed by atoms with Crippen molar-refractivity contribution < 1.29 is 0 Å². The molecule has 22 heavy (non-hydrogen) atoms. The van der Waals surface area contributed by atoms with Gasteiger partial charge in [-0.05, 0) is 13.0 Å². The molecule has 2 aromatic rings. The smallest absolute Gasteiger partial charge is 0.225 e. The summed E-state index contributed by atoms with van der Waals surface area (Å²) in [5.74, 6) is 0.849. The van der Waals surface area contributed by atoms with Crippen molar-refractivity contribution in [3.05, 3.63) is 23.5 Å². The van der Waals surface area contributed by atoms with Crippen LogP contribution in [0, 0.1) is 6.92 Å². The number of hydrogen-bond donors (Lipinski definition) is 0. The Bertz CT molecular complexity index is 617. The highest BCUT2D eigenvalue weighted by Gasteiger charge is 2.35. The fourth-order valence-corrected chi connectivity index (χ4v) is 3.70. The second-order valence-corrected chi connectivity index (χ2v) is 6.89. The van der Waals surface area contributed by atoms with Crippen LogP contribution >= 0.6 is 11.3 Å². The SMILES string of the molecule is Cc1nnc(N2CC(N3CCN(c4ncccn4)CC3)C2)s1. The van der Waals surface area contributed by atoms with Gasteiger partial charge in [0.05, 0.1) is 0 Å². The third-order valence-electron chi connectivity index (χ3n) is 4.31. The first-order valence-electron chi connectivity index (χ1n) is 7.61. The van der Waals surface area contributed by atoms with Crippen LogP contribution in [0.5, 0.6) is 0 Å². The van der Waals surface area contributed by atoms with Crippen molar-refractivity contribution in [3.63, 3.8) is 0 Å². The largest absolute Gasteiger partial charge is 0.343 e. The summed E-state index contributed by atoms with van der Waals surface area (Å²) in [7, 11) is 0. The molecule has 0 bridgehead atoms. The molecule has 0 amide bonds. The van der Waals surface area contributed by atoms with Crippen LogP contribution in [-0.2, 0) is 0 Å². The van der Waals surface area contributed by atoms with E-state index in [1.54, 1.807) is 11.3 Å². The zero-order valence-electron chi connectivity index (χ0n) is 12.6. The molecule has 4 heterocycles. The van der Waals surface area contributed by atoms with Gasteiger partial charge >= 0.3 is 0 Å². The third-order valence-corrected chi connectivity index (χ3v) is 5.21. The summed E-state index contributed by atoms with van der Waals surface area (Å²) in [6.45, 7) is 8.28. The van der Waals surface area contributed by atoms with E-state index >= 15 is 0 Å². The van der Waals surface area contributed by atoms with Crippen LogP contribution in [0.2, 0.25) is 0 Å². The highest BCUT2D eigenvalue weighted by Crippen LogP contribution is 2.27. The summed E-state index contributed by atoms with van der Waals surface area (Å²) in [6.07, 6.45) is 3.62. The number of hydrogen-bond acceptors (Lipinski definition) is 8. The normalized spacial score (nSPS) is 20.2. The van der Waals surface area contributed by atoms with E-state index in [9.17, 15) is 0 Å². The lowest BCUT2D eigenvalue weighted by Crippen LogP contribution is -2.63. The second-order valence-electron chi connectivity index (χ2n) is 5.73. The molecule has 0 N–H and O–H groups in total. The molecule has 0 unspecified atom stereocenters. The van der Waals surface area contributed by atoms with Crippen LogP contribution < -0.4 is 9.80 Å². The predicted molar refractivity (Wildman–Crippen MR) is 86.5 cm³/mol. The fraction of sp³-hybridized carbons (Fsp3) is 0.571. The molecular weight excluding hydrogens is 298 g/mol. The number of anilines is 2. The summed E-state index contributed by atoms with van der Waals surface area (Å²) in [5.41, 5.74) is 0. The maximum absolute atomic E-state index is 4.33. The summed E-state index contributed by atoms with van der Waals surface area (Å²) in [5, 5.41) is 10.4. The molecule has 2 aliphatic rings. The first kappa shape index (κ1) is 13.8. The number of piperazine rings is 1. The van der Waals surface area contributed by atoms with Crippen molar-refractivity contribution in [1.82, 2.24) is 25.1 Å². The van der Waals surface area contributed by atoms with Crippen LogP contribution in [0.25, 0.3) is 0 Å². The van der Waals surface area contributed by atoms with Gasteiger partial charge in [0.1, 0.15) is 5.01 Å². The molecular formula is C14H19N7S. The van der Waals surface area contributed by atoms with Crippen molar-refractivity contribution in [1.29, 1.82) is 0 Å². The molecule has 0 atom stereocenters. The first-order chi connectivity index (χ1) is 10.8. The van der Waals surface area contributed by atoms with Gasteiger partial charge in [-0.2, -0.15) is 0 Å². The van der Waals surface area contributed by atoms with Gasteiger partial charge in [-0.15, -0.1) is 10.2 Å². The second kappa shape index (κ2) is 5.77. The Morgan fingerprint density at radius 1 is 1.00 bits per heavy atom. The topological polar surface area (TPSA) is 61.3 Å². The van der Waals surface area contributed by atoms with Crippen LogP contribution in [0.15, 0.2) is 18.5 Å². The minimum atomic E-state index is 0.642. The summed E-state index contributed by atoms with van der Waals surface area (Å²) < 4.78 is 0. The number of aryl methyl sites for hydroxylation is 1. The zero-order chi connectivity index (χ0) is 14.9. The average Bonchev–Trinajstić information content (AvgIpc) is 2.94. The van der Waals surface area contributed by atoms with E-state index < -0.39 is 0 Å². The first-order valence-corrected chi connectivity index (χ1v) is 8.42. The maximum Gasteiger partial charge on any atom is 0.225 e. The van der Waals surface area contributed by atoms with E-state index in [0.29, 0.717) is 6.04 Å². The lowest BCUT2D eigenvalue weighted by molar-refractivity contribution is 0.156. The molecule has 8 heteroatoms. The standard InChI is InChI=1S/C14H19N7S/c1-11-17-18-14(22-11)21-9-12(10-21)19-5-7-20(8-6-19)13-15-3-2-4-16-13/h2-4,12H,5-10H2,1H3. The van der Waals surface area contributed by atoms with E-state index in [4.69, 9.17) is 0 Å². The number of nitrogens with zero attached hydrogens (tertiary/aromatic N) is 7. The summed E-state index contributed by atoms with van der Waals surface area (Å²) >= 11 is 1.68. The van der Waals surface area contributed by atoms with E-state index in [0.717, 1.165) is 55.4 Å². The molecule has 4 rings (SSSR count). The van der Waals surface area contributed by atoms with E-state index in [2.05, 4.69) is 34.9 Å². The van der Waals surface area contributed by atoms with Crippen molar-refractivity contribution in [2.75, 3.05) is 49.1 Å². The monoisotopic (exact) mass is 317 g/mol. The fourth-order valence-electron chi connectivity index (χ4n) is 3.00. The Labute approximate surface area is 133 Å². The number of rotatable bonds is 3. The molecule has 2 aliphatic heterocycles. The van der Waals surface area contributed by atoms with Crippen LogP contribution in [0.1, 0.15) is 5.01 Å². The van der Waals surface area contributed by atoms with Crippen molar-refractivity contribution >= 4 is 22.4 Å². The van der Waals surface area contributed by atoms with Crippen molar-refractivity contribution in [2.24, 2.45) is 0 Å². The number of aromatic nitrogens is 4. The lowest BCUT2D eigenvalue weighted by atomic mass is 10.1. The van der Waals surface area contributed by atoms with Gasteiger partial charge < -0.3 is 9.80 Å². The molecule has 0 aliphatic carbocycles. The Morgan fingerprint density at radius 3 is 2.36 bits per heavy atom. The van der Waals surface area contributed by atoms with Crippen molar-refractivity contribution in [3.8, 4) is 0 Å². The highest BCUT2D eigenvalue weighted by atomic mass is 32.1. The molecule has 0 saturated carbocycles. The Kier molecular flexibility index (Phi) is 3.63. The van der Waals surface area contributed by atoms with Gasteiger partial charge in [0.25, 0.3) is 0 Å². The quantitative estimate of drug-likeness (QED) is 0.823. The Morgan fingerprint density at radius 2 is 1.73 bits per heavy atom. The molecule has 0 spiro atoms. The van der Waals surface area contributed by atoms with Gasteiger partial charge in [-0.25, -0.2) is 9.97 Å². The summed E-state index contributed by atoms with van der Waals surface area (Å²) in [4.78, 5) is 15.8. The van der Waals surface area contributed by atoms with Gasteiger partial charge in [0.15, 0.2) is 0 Å². The van der Waals surface area contributed by atoms with Crippen LogP contribution in [0.4, 0.5) is 11.1 Å². The van der Waals surface area contributed by atoms with E-state index in [1.807, 2.05) is 25.4 Å². The lowest BCUT2D eigenvalue weighted by Gasteiger charge is -2.47.